The number of hydrogen-bond donors (Lipinski definition) is 1. The predicted molar refractivity (Wildman–Crippen MR) is 97.5 cm³/mol. The lowest BCUT2D eigenvalue weighted by Gasteiger charge is -2.05. The number of amides is 1. The van der Waals surface area contributed by atoms with Gasteiger partial charge in [-0.05, 0) is 50.8 Å². The number of carbonyl (C=O) groups is 1. The molecule has 0 radical (unpaired) electrons. The van der Waals surface area contributed by atoms with Gasteiger partial charge in [0.1, 0.15) is 11.5 Å². The molecule has 1 aromatic carbocycles. The third kappa shape index (κ3) is 4.82. The van der Waals surface area contributed by atoms with Crippen LogP contribution in [0.1, 0.15) is 66.1 Å². The Hall–Kier alpha value is -2.36. The molecule has 0 saturated carbocycles. The summed E-state index contributed by atoms with van der Waals surface area (Å²) in [6.07, 6.45) is 4.84. The molecule has 0 atom stereocenters. The summed E-state index contributed by atoms with van der Waals surface area (Å²) in [7, 11) is 0. The summed E-state index contributed by atoms with van der Waals surface area (Å²) in [5, 5.41) is 4.20. The molecule has 1 heterocycles. The van der Waals surface area contributed by atoms with Gasteiger partial charge in [0.25, 0.3) is 5.91 Å². The molecule has 0 unspecified atom stereocenters. The fourth-order valence-corrected chi connectivity index (χ4v) is 2.61. The summed E-state index contributed by atoms with van der Waals surface area (Å²) in [6, 6.07) is 10.1. The van der Waals surface area contributed by atoms with Crippen molar-refractivity contribution >= 4 is 11.6 Å². The number of hydrazone groups is 1. The molecule has 0 fully saturated rings. The molecule has 24 heavy (non-hydrogen) atoms. The van der Waals surface area contributed by atoms with E-state index in [1.807, 2.05) is 13.8 Å². The van der Waals surface area contributed by atoms with E-state index in [0.29, 0.717) is 11.3 Å². The van der Waals surface area contributed by atoms with Crippen molar-refractivity contribution in [2.24, 2.45) is 5.10 Å². The number of aryl methyl sites for hydroxylation is 3. The van der Waals surface area contributed by atoms with E-state index in [2.05, 4.69) is 41.7 Å². The molecule has 0 aliphatic rings. The van der Waals surface area contributed by atoms with Crippen molar-refractivity contribution in [1.82, 2.24) is 5.43 Å². The molecule has 1 aromatic heterocycles. The van der Waals surface area contributed by atoms with Gasteiger partial charge in [0.2, 0.25) is 0 Å². The summed E-state index contributed by atoms with van der Waals surface area (Å²) in [5.74, 6) is 1.08. The van der Waals surface area contributed by atoms with Crippen molar-refractivity contribution in [2.75, 3.05) is 0 Å². The van der Waals surface area contributed by atoms with Crippen LogP contribution >= 0.6 is 0 Å². The van der Waals surface area contributed by atoms with E-state index in [1.54, 1.807) is 13.0 Å². The van der Waals surface area contributed by atoms with Crippen LogP contribution in [0.3, 0.4) is 0 Å². The van der Waals surface area contributed by atoms with Crippen LogP contribution in [0.25, 0.3) is 0 Å². The SMILES string of the molecule is CCCCCc1ccc(/C(C)=N\NC(=O)c2cc(C)oc2C)cc1. The molecule has 4 nitrogen and oxygen atoms in total. The fourth-order valence-electron chi connectivity index (χ4n) is 2.61. The average molecular weight is 326 g/mol. The quantitative estimate of drug-likeness (QED) is 0.452. The van der Waals surface area contributed by atoms with Gasteiger partial charge < -0.3 is 4.42 Å². The normalized spacial score (nSPS) is 11.6. The first-order valence-corrected chi connectivity index (χ1v) is 8.52. The summed E-state index contributed by atoms with van der Waals surface area (Å²) < 4.78 is 5.37. The number of furan rings is 1. The molecule has 0 saturated heterocycles. The van der Waals surface area contributed by atoms with Crippen LogP contribution in [-0.4, -0.2) is 11.6 Å². The van der Waals surface area contributed by atoms with Crippen molar-refractivity contribution in [3.63, 3.8) is 0 Å². The Morgan fingerprint density at radius 3 is 2.46 bits per heavy atom. The second kappa shape index (κ2) is 8.48. The minimum absolute atomic E-state index is 0.250. The molecular weight excluding hydrogens is 300 g/mol. The maximum atomic E-state index is 12.1. The molecule has 128 valence electrons. The van der Waals surface area contributed by atoms with E-state index in [4.69, 9.17) is 4.42 Å². The smallest absolute Gasteiger partial charge is 0.274 e. The van der Waals surface area contributed by atoms with Crippen LogP contribution in [0.4, 0.5) is 0 Å². The van der Waals surface area contributed by atoms with Crippen molar-refractivity contribution < 1.29 is 9.21 Å². The van der Waals surface area contributed by atoms with Gasteiger partial charge in [-0.15, -0.1) is 0 Å². The Morgan fingerprint density at radius 2 is 1.88 bits per heavy atom. The molecule has 0 spiro atoms. The highest BCUT2D eigenvalue weighted by molar-refractivity contribution is 6.01. The van der Waals surface area contributed by atoms with Crippen LogP contribution in [0.2, 0.25) is 0 Å². The second-order valence-electron chi connectivity index (χ2n) is 6.12. The maximum Gasteiger partial charge on any atom is 0.274 e. The van der Waals surface area contributed by atoms with Gasteiger partial charge in [-0.25, -0.2) is 5.43 Å². The van der Waals surface area contributed by atoms with Gasteiger partial charge in [-0.1, -0.05) is 44.0 Å². The third-order valence-corrected chi connectivity index (χ3v) is 4.05. The van der Waals surface area contributed by atoms with E-state index in [9.17, 15) is 4.79 Å². The Kier molecular flexibility index (Phi) is 6.36. The van der Waals surface area contributed by atoms with Gasteiger partial charge in [0.15, 0.2) is 0 Å². The lowest BCUT2D eigenvalue weighted by atomic mass is 10.0. The maximum absolute atomic E-state index is 12.1. The van der Waals surface area contributed by atoms with E-state index in [0.717, 1.165) is 23.5 Å². The van der Waals surface area contributed by atoms with Gasteiger partial charge in [0, 0.05) is 0 Å². The first kappa shape index (κ1) is 18.0. The van der Waals surface area contributed by atoms with Crippen LogP contribution in [0.15, 0.2) is 39.9 Å². The lowest BCUT2D eigenvalue weighted by Crippen LogP contribution is -2.19. The number of nitrogens with one attached hydrogen (secondary N) is 1. The van der Waals surface area contributed by atoms with Gasteiger partial charge in [-0.2, -0.15) is 5.10 Å². The minimum atomic E-state index is -0.250. The molecule has 2 aromatic rings. The van der Waals surface area contributed by atoms with Crippen molar-refractivity contribution in [3.8, 4) is 0 Å². The van der Waals surface area contributed by atoms with E-state index in [1.165, 1.54) is 24.8 Å². The van der Waals surface area contributed by atoms with Crippen LogP contribution in [0, 0.1) is 13.8 Å². The molecule has 0 aliphatic carbocycles. The zero-order valence-electron chi connectivity index (χ0n) is 15.0. The average Bonchev–Trinajstić information content (AvgIpc) is 2.91. The zero-order chi connectivity index (χ0) is 17.5. The largest absolute Gasteiger partial charge is 0.466 e. The summed E-state index contributed by atoms with van der Waals surface area (Å²) in [6.45, 7) is 7.69. The number of unbranched alkanes of at least 4 members (excludes halogenated alkanes) is 2. The molecule has 2 rings (SSSR count). The summed E-state index contributed by atoms with van der Waals surface area (Å²) in [4.78, 5) is 12.1. The summed E-state index contributed by atoms with van der Waals surface area (Å²) in [5.41, 5.74) is 6.25. The Bertz CT molecular complexity index is 712. The molecule has 0 bridgehead atoms. The van der Waals surface area contributed by atoms with Crippen LogP contribution in [-0.2, 0) is 6.42 Å². The van der Waals surface area contributed by atoms with Crippen molar-refractivity contribution in [3.05, 3.63) is 58.5 Å². The first-order chi connectivity index (χ1) is 11.5. The van der Waals surface area contributed by atoms with E-state index < -0.39 is 0 Å². The molecule has 4 heteroatoms. The predicted octanol–water partition coefficient (Wildman–Crippen LogP) is 4.78. The first-order valence-electron chi connectivity index (χ1n) is 8.52. The molecule has 1 amide bonds. The number of rotatable bonds is 7. The third-order valence-electron chi connectivity index (χ3n) is 4.05. The molecule has 1 N–H and O–H groups in total. The standard InChI is InChI=1S/C20H26N2O2/c1-5-6-7-8-17-9-11-18(12-10-17)15(3)21-22-20(23)19-13-14(2)24-16(19)4/h9-13H,5-8H2,1-4H3,(H,22,23)/b21-15-. The van der Waals surface area contributed by atoms with Gasteiger partial charge >= 0.3 is 0 Å². The topological polar surface area (TPSA) is 54.6 Å². The lowest BCUT2D eigenvalue weighted by molar-refractivity contribution is 0.0953. The Labute approximate surface area is 144 Å². The van der Waals surface area contributed by atoms with Gasteiger partial charge in [-0.3, -0.25) is 4.79 Å². The zero-order valence-corrected chi connectivity index (χ0v) is 15.0. The monoisotopic (exact) mass is 326 g/mol. The highest BCUT2D eigenvalue weighted by atomic mass is 16.3. The minimum Gasteiger partial charge on any atom is -0.466 e. The van der Waals surface area contributed by atoms with Crippen LogP contribution < -0.4 is 5.43 Å². The second-order valence-corrected chi connectivity index (χ2v) is 6.12. The van der Waals surface area contributed by atoms with E-state index >= 15 is 0 Å². The van der Waals surface area contributed by atoms with Crippen LogP contribution in [0.5, 0.6) is 0 Å². The number of benzene rings is 1. The highest BCUT2D eigenvalue weighted by Gasteiger charge is 2.12. The fraction of sp³-hybridized carbons (Fsp3) is 0.400. The highest BCUT2D eigenvalue weighted by Crippen LogP contribution is 2.13. The number of carbonyl (C=O) groups excluding carboxylic acids is 1. The number of nitrogens with zero attached hydrogens (tertiary/aromatic N) is 1. The van der Waals surface area contributed by atoms with E-state index in [-0.39, 0.29) is 5.91 Å². The van der Waals surface area contributed by atoms with Gasteiger partial charge in [0.05, 0.1) is 11.3 Å². The Morgan fingerprint density at radius 1 is 1.17 bits per heavy atom. The molecule has 0 aliphatic heterocycles. The van der Waals surface area contributed by atoms with Crippen molar-refractivity contribution in [2.45, 2.75) is 53.4 Å². The number of hydrogen-bond acceptors (Lipinski definition) is 3. The molecular formula is C20H26N2O2. The van der Waals surface area contributed by atoms with Crippen molar-refractivity contribution in [1.29, 1.82) is 0 Å². The summed E-state index contributed by atoms with van der Waals surface area (Å²) >= 11 is 0. The Balaban J connectivity index is 1.97.